The number of amides is 2. The van der Waals surface area contributed by atoms with E-state index in [4.69, 9.17) is 0 Å². The summed E-state index contributed by atoms with van der Waals surface area (Å²) in [6.07, 6.45) is 2.20. The Kier molecular flexibility index (Phi) is 6.61. The highest BCUT2D eigenvalue weighted by atomic mass is 19.1. The number of hydrogen-bond acceptors (Lipinski definition) is 2. The number of nitrogens with zero attached hydrogens (tertiary/aromatic N) is 1. The predicted molar refractivity (Wildman–Crippen MR) is 101 cm³/mol. The summed E-state index contributed by atoms with van der Waals surface area (Å²) in [5.41, 5.74) is 2.24. The van der Waals surface area contributed by atoms with Gasteiger partial charge in [0, 0.05) is 19.6 Å². The molecule has 0 aromatic heterocycles. The molecule has 1 aliphatic rings. The standard InChI is InChI=1S/C21H26FN3O/c22-20-8-6-17(7-9-20)14-23-21(26)24-15-18-10-12-25(13-11-18)16-19-4-2-1-3-5-19/h1-9,18H,10-16H2,(H2,23,24,26). The van der Waals surface area contributed by atoms with E-state index in [1.807, 2.05) is 6.07 Å². The van der Waals surface area contributed by atoms with Crippen molar-refractivity contribution >= 4 is 6.03 Å². The Balaban J connectivity index is 1.32. The van der Waals surface area contributed by atoms with Gasteiger partial charge in [0.25, 0.3) is 0 Å². The van der Waals surface area contributed by atoms with Crippen LogP contribution in [0.25, 0.3) is 0 Å². The predicted octanol–water partition coefficient (Wildman–Crippen LogP) is 3.54. The maximum Gasteiger partial charge on any atom is 0.315 e. The Morgan fingerprint density at radius 3 is 2.35 bits per heavy atom. The monoisotopic (exact) mass is 355 g/mol. The topological polar surface area (TPSA) is 44.4 Å². The Bertz CT molecular complexity index is 682. The molecule has 0 unspecified atom stereocenters. The zero-order chi connectivity index (χ0) is 18.2. The van der Waals surface area contributed by atoms with Crippen molar-refractivity contribution in [2.24, 2.45) is 5.92 Å². The molecule has 1 fully saturated rings. The van der Waals surface area contributed by atoms with E-state index >= 15 is 0 Å². The quantitative estimate of drug-likeness (QED) is 0.832. The fourth-order valence-corrected chi connectivity index (χ4v) is 3.27. The van der Waals surface area contributed by atoms with Gasteiger partial charge >= 0.3 is 6.03 Å². The lowest BCUT2D eigenvalue weighted by molar-refractivity contribution is 0.175. The normalized spacial score (nSPS) is 15.6. The number of piperidine rings is 1. The second kappa shape index (κ2) is 9.34. The number of urea groups is 1. The molecule has 138 valence electrons. The molecule has 0 saturated carbocycles. The fourth-order valence-electron chi connectivity index (χ4n) is 3.27. The van der Waals surface area contributed by atoms with E-state index in [-0.39, 0.29) is 11.8 Å². The van der Waals surface area contributed by atoms with E-state index < -0.39 is 0 Å². The number of carbonyl (C=O) groups excluding carboxylic acids is 1. The number of hydrogen-bond donors (Lipinski definition) is 2. The van der Waals surface area contributed by atoms with Crippen LogP contribution >= 0.6 is 0 Å². The number of likely N-dealkylation sites (tertiary alicyclic amines) is 1. The molecule has 0 radical (unpaired) electrons. The van der Waals surface area contributed by atoms with Crippen molar-refractivity contribution < 1.29 is 9.18 Å². The summed E-state index contributed by atoms with van der Waals surface area (Å²) in [4.78, 5) is 14.4. The van der Waals surface area contributed by atoms with Crippen molar-refractivity contribution in [3.63, 3.8) is 0 Å². The summed E-state index contributed by atoms with van der Waals surface area (Å²) in [5, 5.41) is 5.77. The number of rotatable bonds is 6. The molecule has 4 nitrogen and oxygen atoms in total. The van der Waals surface area contributed by atoms with E-state index in [9.17, 15) is 9.18 Å². The first-order chi connectivity index (χ1) is 12.7. The average molecular weight is 355 g/mol. The van der Waals surface area contributed by atoms with Gasteiger partial charge in [-0.1, -0.05) is 42.5 Å². The molecule has 3 rings (SSSR count). The van der Waals surface area contributed by atoms with E-state index in [0.29, 0.717) is 19.0 Å². The molecule has 0 spiro atoms. The van der Waals surface area contributed by atoms with Crippen molar-refractivity contribution in [2.45, 2.75) is 25.9 Å². The van der Waals surface area contributed by atoms with Crippen molar-refractivity contribution in [1.82, 2.24) is 15.5 Å². The third-order valence-corrected chi connectivity index (χ3v) is 4.87. The molecule has 2 aromatic rings. The van der Waals surface area contributed by atoms with E-state index in [1.54, 1.807) is 12.1 Å². The lowest BCUT2D eigenvalue weighted by Gasteiger charge is -2.32. The molecular formula is C21H26FN3O. The molecule has 1 heterocycles. The van der Waals surface area contributed by atoms with Crippen LogP contribution in [0, 0.1) is 11.7 Å². The van der Waals surface area contributed by atoms with Gasteiger partial charge in [0.05, 0.1) is 0 Å². The first-order valence-corrected chi connectivity index (χ1v) is 9.21. The fraction of sp³-hybridized carbons (Fsp3) is 0.381. The average Bonchev–Trinajstić information content (AvgIpc) is 2.68. The molecule has 0 aliphatic carbocycles. The number of benzene rings is 2. The lowest BCUT2D eigenvalue weighted by atomic mass is 9.96. The van der Waals surface area contributed by atoms with Crippen molar-refractivity contribution in [3.8, 4) is 0 Å². The van der Waals surface area contributed by atoms with Crippen LogP contribution < -0.4 is 10.6 Å². The SMILES string of the molecule is O=C(NCc1ccc(F)cc1)NCC1CCN(Cc2ccccc2)CC1. The second-order valence-electron chi connectivity index (χ2n) is 6.90. The van der Waals surface area contributed by atoms with E-state index in [1.165, 1.54) is 17.7 Å². The minimum absolute atomic E-state index is 0.166. The highest BCUT2D eigenvalue weighted by molar-refractivity contribution is 5.73. The summed E-state index contributed by atoms with van der Waals surface area (Å²) >= 11 is 0. The van der Waals surface area contributed by atoms with Gasteiger partial charge in [-0.15, -0.1) is 0 Å². The first kappa shape index (κ1) is 18.4. The number of carbonyl (C=O) groups is 1. The van der Waals surface area contributed by atoms with Gasteiger partial charge in [0.15, 0.2) is 0 Å². The smallest absolute Gasteiger partial charge is 0.315 e. The van der Waals surface area contributed by atoms with Gasteiger partial charge in [-0.05, 0) is 55.1 Å². The third-order valence-electron chi connectivity index (χ3n) is 4.87. The lowest BCUT2D eigenvalue weighted by Crippen LogP contribution is -2.41. The molecule has 1 saturated heterocycles. The molecule has 2 aromatic carbocycles. The zero-order valence-electron chi connectivity index (χ0n) is 15.0. The molecule has 26 heavy (non-hydrogen) atoms. The molecule has 0 bridgehead atoms. The van der Waals surface area contributed by atoms with E-state index in [0.717, 1.165) is 38.0 Å². The van der Waals surface area contributed by atoms with Crippen LogP contribution in [0.15, 0.2) is 54.6 Å². The van der Waals surface area contributed by atoms with Crippen LogP contribution in [0.4, 0.5) is 9.18 Å². The maximum atomic E-state index is 12.9. The summed E-state index contributed by atoms with van der Waals surface area (Å²) < 4.78 is 12.9. The Morgan fingerprint density at radius 1 is 0.962 bits per heavy atom. The zero-order valence-corrected chi connectivity index (χ0v) is 15.0. The minimum Gasteiger partial charge on any atom is -0.338 e. The summed E-state index contributed by atoms with van der Waals surface area (Å²) in [7, 11) is 0. The third kappa shape index (κ3) is 5.85. The van der Waals surface area contributed by atoms with Gasteiger partial charge in [0.1, 0.15) is 5.82 Å². The largest absolute Gasteiger partial charge is 0.338 e. The van der Waals surface area contributed by atoms with Crippen molar-refractivity contribution in [1.29, 1.82) is 0 Å². The van der Waals surface area contributed by atoms with Gasteiger partial charge in [-0.3, -0.25) is 4.90 Å². The number of halogens is 1. The minimum atomic E-state index is -0.267. The summed E-state index contributed by atoms with van der Waals surface area (Å²) in [5.74, 6) is 0.260. The summed E-state index contributed by atoms with van der Waals surface area (Å²) in [6.45, 7) is 4.24. The number of nitrogens with one attached hydrogen (secondary N) is 2. The van der Waals surface area contributed by atoms with Crippen LogP contribution in [0.2, 0.25) is 0 Å². The second-order valence-corrected chi connectivity index (χ2v) is 6.90. The Morgan fingerprint density at radius 2 is 1.65 bits per heavy atom. The van der Waals surface area contributed by atoms with Gasteiger partial charge < -0.3 is 10.6 Å². The summed E-state index contributed by atoms with van der Waals surface area (Å²) in [6, 6.07) is 16.5. The molecule has 5 heteroatoms. The maximum absolute atomic E-state index is 12.9. The van der Waals surface area contributed by atoms with Gasteiger partial charge in [0.2, 0.25) is 0 Å². The van der Waals surface area contributed by atoms with Gasteiger partial charge in [-0.2, -0.15) is 0 Å². The molecule has 0 atom stereocenters. The Labute approximate surface area is 154 Å². The van der Waals surface area contributed by atoms with Crippen molar-refractivity contribution in [3.05, 3.63) is 71.5 Å². The highest BCUT2D eigenvalue weighted by Gasteiger charge is 2.19. The molecule has 1 aliphatic heterocycles. The van der Waals surface area contributed by atoms with Crippen LogP contribution in [-0.4, -0.2) is 30.6 Å². The van der Waals surface area contributed by atoms with Crippen LogP contribution in [0.5, 0.6) is 0 Å². The van der Waals surface area contributed by atoms with Crippen LogP contribution in [-0.2, 0) is 13.1 Å². The van der Waals surface area contributed by atoms with Crippen molar-refractivity contribution in [2.75, 3.05) is 19.6 Å². The first-order valence-electron chi connectivity index (χ1n) is 9.21. The Hall–Kier alpha value is -2.40. The van der Waals surface area contributed by atoms with Crippen LogP contribution in [0.1, 0.15) is 24.0 Å². The van der Waals surface area contributed by atoms with E-state index in [2.05, 4.69) is 39.8 Å². The van der Waals surface area contributed by atoms with Gasteiger partial charge in [-0.25, -0.2) is 9.18 Å². The van der Waals surface area contributed by atoms with Crippen LogP contribution in [0.3, 0.4) is 0 Å². The molecule has 2 amide bonds. The molecule has 2 N–H and O–H groups in total. The molecular weight excluding hydrogens is 329 g/mol. The highest BCUT2D eigenvalue weighted by Crippen LogP contribution is 2.18.